The normalized spacial score (nSPS) is 12.9. The first-order valence-corrected chi connectivity index (χ1v) is 4.31. The van der Waals surface area contributed by atoms with E-state index in [1.54, 1.807) is 6.92 Å². The lowest BCUT2D eigenvalue weighted by atomic mass is 10.3. The molecule has 15 heavy (non-hydrogen) atoms. The number of nitrogens with one attached hydrogen (secondary N) is 1. The number of rotatable bonds is 2. The summed E-state index contributed by atoms with van der Waals surface area (Å²) < 4.78 is 1.47. The Hall–Kier alpha value is -2.18. The van der Waals surface area contributed by atoms with Gasteiger partial charge in [0, 0.05) is 0 Å². The second-order valence-electron chi connectivity index (χ2n) is 3.13. The molecule has 0 aliphatic heterocycles. The fourth-order valence-electron chi connectivity index (χ4n) is 1.28. The molecule has 1 atom stereocenters. The molecule has 0 aromatic carbocycles. The van der Waals surface area contributed by atoms with E-state index in [9.17, 15) is 9.59 Å². The van der Waals surface area contributed by atoms with Gasteiger partial charge < -0.3 is 15.3 Å². The van der Waals surface area contributed by atoms with Crippen LogP contribution in [-0.4, -0.2) is 25.4 Å². The van der Waals surface area contributed by atoms with Crippen LogP contribution in [0.5, 0.6) is 0 Å². The van der Waals surface area contributed by atoms with Gasteiger partial charge in [0.1, 0.15) is 6.04 Å². The summed E-state index contributed by atoms with van der Waals surface area (Å²) in [7, 11) is 0. The third-order valence-corrected chi connectivity index (χ3v) is 2.19. The third kappa shape index (κ3) is 1.37. The summed E-state index contributed by atoms with van der Waals surface area (Å²) in [6, 6.07) is -0.579. The van der Waals surface area contributed by atoms with Gasteiger partial charge in [-0.05, 0) is 6.92 Å². The fourth-order valence-corrected chi connectivity index (χ4v) is 1.28. The first kappa shape index (κ1) is 9.38. The van der Waals surface area contributed by atoms with Gasteiger partial charge in [-0.2, -0.15) is 0 Å². The van der Waals surface area contributed by atoms with E-state index in [1.807, 2.05) is 0 Å². The van der Waals surface area contributed by atoms with E-state index in [2.05, 4.69) is 15.0 Å². The van der Waals surface area contributed by atoms with Crippen LogP contribution in [0.2, 0.25) is 0 Å². The minimum atomic E-state index is -0.579. The highest BCUT2D eigenvalue weighted by Crippen LogP contribution is 2.11. The zero-order valence-corrected chi connectivity index (χ0v) is 7.97. The van der Waals surface area contributed by atoms with Gasteiger partial charge in [-0.25, -0.2) is 9.97 Å². The number of amides is 1. The van der Waals surface area contributed by atoms with Crippen LogP contribution < -0.4 is 11.3 Å². The van der Waals surface area contributed by atoms with Gasteiger partial charge in [0.2, 0.25) is 5.91 Å². The molecule has 7 nitrogen and oxygen atoms in total. The third-order valence-electron chi connectivity index (χ3n) is 2.19. The Labute approximate surface area is 83.9 Å². The van der Waals surface area contributed by atoms with Crippen molar-refractivity contribution >= 4 is 17.1 Å². The number of nitrogens with two attached hydrogens (primary N) is 1. The lowest BCUT2D eigenvalue weighted by Gasteiger charge is -2.08. The molecule has 0 aliphatic carbocycles. The van der Waals surface area contributed by atoms with Crippen LogP contribution in [0.15, 0.2) is 17.4 Å². The molecule has 2 rings (SSSR count). The molecule has 0 aliphatic rings. The zero-order chi connectivity index (χ0) is 11.0. The van der Waals surface area contributed by atoms with Crippen molar-refractivity contribution in [3.8, 4) is 0 Å². The van der Waals surface area contributed by atoms with E-state index < -0.39 is 11.9 Å². The molecule has 0 fully saturated rings. The maximum atomic E-state index is 11.3. The molecule has 7 heteroatoms. The van der Waals surface area contributed by atoms with E-state index in [4.69, 9.17) is 5.73 Å². The Morgan fingerprint density at radius 3 is 3.00 bits per heavy atom. The number of hydrogen-bond donors (Lipinski definition) is 2. The highest BCUT2D eigenvalue weighted by atomic mass is 16.1. The number of imidazole rings is 1. The van der Waals surface area contributed by atoms with Crippen LogP contribution >= 0.6 is 0 Å². The van der Waals surface area contributed by atoms with E-state index in [1.165, 1.54) is 17.2 Å². The Morgan fingerprint density at radius 2 is 2.33 bits per heavy atom. The van der Waals surface area contributed by atoms with Gasteiger partial charge in [-0.1, -0.05) is 0 Å². The van der Waals surface area contributed by atoms with Crippen molar-refractivity contribution in [2.24, 2.45) is 5.73 Å². The number of aromatic nitrogens is 4. The van der Waals surface area contributed by atoms with Crippen LogP contribution in [0, 0.1) is 0 Å². The predicted octanol–water partition coefficient (Wildman–Crippen LogP) is -0.834. The van der Waals surface area contributed by atoms with Crippen LogP contribution in [-0.2, 0) is 4.79 Å². The number of H-pyrrole nitrogens is 1. The van der Waals surface area contributed by atoms with Crippen molar-refractivity contribution in [2.45, 2.75) is 13.0 Å². The zero-order valence-electron chi connectivity index (χ0n) is 7.97. The topological polar surface area (TPSA) is 107 Å². The highest BCUT2D eigenvalue weighted by molar-refractivity contribution is 5.80. The number of hydrogen-bond acceptors (Lipinski definition) is 4. The molecule has 0 radical (unpaired) electrons. The summed E-state index contributed by atoms with van der Waals surface area (Å²) >= 11 is 0. The molecule has 2 heterocycles. The van der Waals surface area contributed by atoms with Gasteiger partial charge in [0.05, 0.1) is 12.7 Å². The van der Waals surface area contributed by atoms with Crippen LogP contribution in [0.25, 0.3) is 11.2 Å². The number of aromatic amines is 1. The molecule has 0 spiro atoms. The molecule has 2 aromatic rings. The summed E-state index contributed by atoms with van der Waals surface area (Å²) in [5.74, 6) is -0.503. The van der Waals surface area contributed by atoms with Crippen molar-refractivity contribution in [3.63, 3.8) is 0 Å². The summed E-state index contributed by atoms with van der Waals surface area (Å²) in [6.07, 6.45) is 2.64. The lowest BCUT2D eigenvalue weighted by molar-refractivity contribution is -0.120. The van der Waals surface area contributed by atoms with Crippen molar-refractivity contribution in [3.05, 3.63) is 23.0 Å². The Morgan fingerprint density at radius 1 is 1.60 bits per heavy atom. The highest BCUT2D eigenvalue weighted by Gasteiger charge is 2.15. The van der Waals surface area contributed by atoms with E-state index in [0.29, 0.717) is 5.65 Å². The molecule has 0 saturated heterocycles. The minimum Gasteiger partial charge on any atom is -0.368 e. The maximum absolute atomic E-state index is 11.3. The Bertz CT molecular complexity index is 570. The number of carbonyl (C=O) groups excluding carboxylic acids is 1. The summed E-state index contributed by atoms with van der Waals surface area (Å²) in [5.41, 5.74) is 5.37. The van der Waals surface area contributed by atoms with Crippen LogP contribution in [0.3, 0.4) is 0 Å². The van der Waals surface area contributed by atoms with Gasteiger partial charge in [-0.3, -0.25) is 9.59 Å². The molecule has 78 valence electrons. The lowest BCUT2D eigenvalue weighted by Crippen LogP contribution is -2.23. The molecule has 0 saturated carbocycles. The first-order valence-electron chi connectivity index (χ1n) is 4.31. The van der Waals surface area contributed by atoms with Crippen LogP contribution in [0.4, 0.5) is 0 Å². The van der Waals surface area contributed by atoms with E-state index >= 15 is 0 Å². The smallest absolute Gasteiger partial charge is 0.278 e. The summed E-state index contributed by atoms with van der Waals surface area (Å²) in [4.78, 5) is 32.5. The van der Waals surface area contributed by atoms with Gasteiger partial charge >= 0.3 is 0 Å². The number of primary amides is 1. The Balaban J connectivity index is 2.69. The predicted molar refractivity (Wildman–Crippen MR) is 52.1 cm³/mol. The first-order chi connectivity index (χ1) is 7.11. The largest absolute Gasteiger partial charge is 0.368 e. The molecule has 1 amide bonds. The molecular formula is C8H9N5O2. The average molecular weight is 207 g/mol. The standard InChI is InChI=1S/C8H9N5O2/c1-4(6(9)14)13-3-12-5-7(13)10-2-11-8(5)15/h2-4H,1H3,(H2,9,14)(H,10,11,15). The summed E-state index contributed by atoms with van der Waals surface area (Å²) in [6.45, 7) is 1.62. The van der Waals surface area contributed by atoms with Crippen molar-refractivity contribution in [1.29, 1.82) is 0 Å². The van der Waals surface area contributed by atoms with E-state index in [-0.39, 0.29) is 11.1 Å². The van der Waals surface area contributed by atoms with Crippen molar-refractivity contribution in [1.82, 2.24) is 19.5 Å². The van der Waals surface area contributed by atoms with Gasteiger partial charge in [-0.15, -0.1) is 0 Å². The molecule has 0 bridgehead atoms. The molecule has 3 N–H and O–H groups in total. The molecular weight excluding hydrogens is 198 g/mol. The molecule has 1 unspecified atom stereocenters. The number of nitrogens with zero attached hydrogens (tertiary/aromatic N) is 3. The Kier molecular flexibility index (Phi) is 2.00. The van der Waals surface area contributed by atoms with Crippen LogP contribution in [0.1, 0.15) is 13.0 Å². The summed E-state index contributed by atoms with van der Waals surface area (Å²) in [5, 5.41) is 0. The minimum absolute atomic E-state index is 0.200. The number of fused-ring (bicyclic) bond motifs is 1. The van der Waals surface area contributed by atoms with E-state index in [0.717, 1.165) is 0 Å². The maximum Gasteiger partial charge on any atom is 0.278 e. The SMILES string of the molecule is CC(C(N)=O)n1cnc2c(=O)[nH]cnc21. The number of carbonyl (C=O) groups is 1. The van der Waals surface area contributed by atoms with Crippen molar-refractivity contribution in [2.75, 3.05) is 0 Å². The second-order valence-corrected chi connectivity index (χ2v) is 3.13. The second kappa shape index (κ2) is 3.19. The monoisotopic (exact) mass is 207 g/mol. The van der Waals surface area contributed by atoms with Gasteiger partial charge in [0.25, 0.3) is 5.56 Å². The van der Waals surface area contributed by atoms with Crippen molar-refractivity contribution < 1.29 is 4.79 Å². The van der Waals surface area contributed by atoms with Gasteiger partial charge in [0.15, 0.2) is 11.2 Å². The molecule has 2 aromatic heterocycles. The quantitative estimate of drug-likeness (QED) is 0.669. The average Bonchev–Trinajstić information content (AvgIpc) is 2.61. The fraction of sp³-hybridized carbons (Fsp3) is 0.250.